The van der Waals surface area contributed by atoms with Crippen LogP contribution in [-0.4, -0.2) is 38.0 Å². The zero-order valence-corrected chi connectivity index (χ0v) is 16.2. The highest BCUT2D eigenvalue weighted by atomic mass is 16.7. The van der Waals surface area contributed by atoms with E-state index in [9.17, 15) is 0 Å². The summed E-state index contributed by atoms with van der Waals surface area (Å²) in [5.74, 6) is 3.07. The van der Waals surface area contributed by atoms with Gasteiger partial charge in [0.05, 0.1) is 12.8 Å². The minimum atomic E-state index is -0.268. The third-order valence-corrected chi connectivity index (χ3v) is 4.18. The number of anilines is 1. The number of ether oxygens (including phenoxy) is 2. The standard InChI is InChI=1S/C19H25N5O3/c1-12-8-9-13(26-12)16-21-18(23-19(2,3)4)22-17-14(11-20-24(16)17)27-15-7-5-6-10-25-15/h8-9,11,15H,5-7,10H2,1-4H3,(H,22,23). The van der Waals surface area contributed by atoms with E-state index in [-0.39, 0.29) is 11.8 Å². The van der Waals surface area contributed by atoms with Gasteiger partial charge >= 0.3 is 0 Å². The molecule has 0 amide bonds. The van der Waals surface area contributed by atoms with Gasteiger partial charge in [-0.15, -0.1) is 0 Å². The molecule has 1 saturated heterocycles. The van der Waals surface area contributed by atoms with Crippen molar-refractivity contribution in [3.63, 3.8) is 0 Å². The minimum absolute atomic E-state index is 0.192. The SMILES string of the molecule is Cc1ccc(-c2nc(NC(C)(C)C)nc3c(OC4CCCCO4)cnn23)o1. The molecule has 0 aliphatic carbocycles. The second kappa shape index (κ2) is 6.84. The number of furan rings is 1. The summed E-state index contributed by atoms with van der Waals surface area (Å²) < 4.78 is 19.1. The van der Waals surface area contributed by atoms with Gasteiger partial charge in [-0.3, -0.25) is 0 Å². The topological polar surface area (TPSA) is 86.7 Å². The molecule has 0 bridgehead atoms. The van der Waals surface area contributed by atoms with Crippen LogP contribution >= 0.6 is 0 Å². The second-order valence-corrected chi connectivity index (χ2v) is 7.81. The molecule has 1 N–H and O–H groups in total. The summed E-state index contributed by atoms with van der Waals surface area (Å²) in [6, 6.07) is 3.78. The average Bonchev–Trinajstić information content (AvgIpc) is 3.21. The fourth-order valence-corrected chi connectivity index (χ4v) is 2.99. The van der Waals surface area contributed by atoms with Gasteiger partial charge in [-0.2, -0.15) is 19.6 Å². The summed E-state index contributed by atoms with van der Waals surface area (Å²) in [6.07, 6.45) is 4.41. The van der Waals surface area contributed by atoms with Crippen LogP contribution in [-0.2, 0) is 4.74 Å². The Morgan fingerprint density at radius 3 is 2.74 bits per heavy atom. The molecule has 1 aliphatic heterocycles. The zero-order valence-electron chi connectivity index (χ0n) is 16.2. The van der Waals surface area contributed by atoms with E-state index in [0.717, 1.165) is 25.0 Å². The first-order valence-electron chi connectivity index (χ1n) is 9.28. The molecule has 4 rings (SSSR count). The highest BCUT2D eigenvalue weighted by molar-refractivity contribution is 5.62. The molecule has 8 nitrogen and oxygen atoms in total. The summed E-state index contributed by atoms with van der Waals surface area (Å²) in [4.78, 5) is 9.26. The third kappa shape index (κ3) is 3.90. The van der Waals surface area contributed by atoms with Gasteiger partial charge in [0.15, 0.2) is 17.8 Å². The molecule has 1 aliphatic rings. The van der Waals surface area contributed by atoms with E-state index < -0.39 is 0 Å². The Morgan fingerprint density at radius 2 is 2.07 bits per heavy atom. The Morgan fingerprint density at radius 1 is 1.22 bits per heavy atom. The Bertz CT molecular complexity index is 935. The van der Waals surface area contributed by atoms with E-state index in [4.69, 9.17) is 13.9 Å². The molecular weight excluding hydrogens is 346 g/mol. The van der Waals surface area contributed by atoms with Crippen LogP contribution < -0.4 is 10.1 Å². The molecule has 4 heterocycles. The van der Waals surface area contributed by atoms with Gasteiger partial charge in [0.1, 0.15) is 5.76 Å². The smallest absolute Gasteiger partial charge is 0.227 e. The number of aryl methyl sites for hydroxylation is 1. The maximum Gasteiger partial charge on any atom is 0.227 e. The number of nitrogens with zero attached hydrogens (tertiary/aromatic N) is 4. The van der Waals surface area contributed by atoms with Crippen LogP contribution in [0.5, 0.6) is 5.75 Å². The van der Waals surface area contributed by atoms with Gasteiger partial charge in [0, 0.05) is 12.0 Å². The fourth-order valence-electron chi connectivity index (χ4n) is 2.99. The summed E-state index contributed by atoms with van der Waals surface area (Å²) >= 11 is 0. The van der Waals surface area contributed by atoms with E-state index in [1.54, 1.807) is 10.7 Å². The largest absolute Gasteiger partial charge is 0.459 e. The molecule has 1 atom stereocenters. The lowest BCUT2D eigenvalue weighted by Gasteiger charge is -2.23. The molecule has 0 aromatic carbocycles. The molecule has 1 fully saturated rings. The van der Waals surface area contributed by atoms with Crippen LogP contribution in [0.2, 0.25) is 0 Å². The first kappa shape index (κ1) is 17.8. The first-order valence-corrected chi connectivity index (χ1v) is 9.28. The normalized spacial score (nSPS) is 18.0. The lowest BCUT2D eigenvalue weighted by atomic mass is 10.1. The lowest BCUT2D eigenvalue weighted by Crippen LogP contribution is -2.28. The van der Waals surface area contributed by atoms with E-state index in [1.165, 1.54) is 0 Å². The Balaban J connectivity index is 1.78. The molecule has 3 aromatic heterocycles. The van der Waals surface area contributed by atoms with Gasteiger partial charge in [0.2, 0.25) is 17.4 Å². The van der Waals surface area contributed by atoms with Crippen molar-refractivity contribution in [2.75, 3.05) is 11.9 Å². The number of fused-ring (bicyclic) bond motifs is 1. The van der Waals surface area contributed by atoms with Crippen molar-refractivity contribution in [3.05, 3.63) is 24.1 Å². The predicted molar refractivity (Wildman–Crippen MR) is 101 cm³/mol. The second-order valence-electron chi connectivity index (χ2n) is 7.81. The highest BCUT2D eigenvalue weighted by Crippen LogP contribution is 2.28. The summed E-state index contributed by atoms with van der Waals surface area (Å²) in [7, 11) is 0. The number of aromatic nitrogens is 4. The number of hydrogen-bond acceptors (Lipinski definition) is 7. The predicted octanol–water partition coefficient (Wildman–Crippen LogP) is 3.81. The molecule has 144 valence electrons. The molecular formula is C19H25N5O3. The zero-order chi connectivity index (χ0) is 19.0. The van der Waals surface area contributed by atoms with Crippen molar-refractivity contribution in [1.29, 1.82) is 0 Å². The number of nitrogens with one attached hydrogen (secondary N) is 1. The lowest BCUT2D eigenvalue weighted by molar-refractivity contribution is -0.105. The van der Waals surface area contributed by atoms with E-state index >= 15 is 0 Å². The average molecular weight is 371 g/mol. The van der Waals surface area contributed by atoms with Crippen LogP contribution in [0.25, 0.3) is 17.2 Å². The minimum Gasteiger partial charge on any atom is -0.459 e. The molecule has 8 heteroatoms. The highest BCUT2D eigenvalue weighted by Gasteiger charge is 2.22. The monoisotopic (exact) mass is 371 g/mol. The van der Waals surface area contributed by atoms with Crippen LogP contribution in [0.4, 0.5) is 5.95 Å². The van der Waals surface area contributed by atoms with Crippen LogP contribution in [0.1, 0.15) is 45.8 Å². The van der Waals surface area contributed by atoms with Crippen LogP contribution in [0, 0.1) is 6.92 Å². The third-order valence-electron chi connectivity index (χ3n) is 4.18. The van der Waals surface area contributed by atoms with Crippen molar-refractivity contribution < 1.29 is 13.9 Å². The van der Waals surface area contributed by atoms with E-state index in [2.05, 4.69) is 41.2 Å². The Kier molecular flexibility index (Phi) is 4.51. The first-order chi connectivity index (χ1) is 12.9. The van der Waals surface area contributed by atoms with Crippen molar-refractivity contribution in [1.82, 2.24) is 19.6 Å². The van der Waals surface area contributed by atoms with Crippen molar-refractivity contribution in [3.8, 4) is 17.3 Å². The van der Waals surface area contributed by atoms with E-state index in [1.807, 2.05) is 19.1 Å². The molecule has 0 saturated carbocycles. The van der Waals surface area contributed by atoms with Gasteiger partial charge < -0.3 is 19.2 Å². The summed E-state index contributed by atoms with van der Waals surface area (Å²) in [6.45, 7) is 8.78. The van der Waals surface area contributed by atoms with E-state index in [0.29, 0.717) is 35.5 Å². The van der Waals surface area contributed by atoms with Crippen molar-refractivity contribution in [2.24, 2.45) is 0 Å². The molecule has 0 radical (unpaired) electrons. The van der Waals surface area contributed by atoms with Gasteiger partial charge in [-0.1, -0.05) is 0 Å². The molecule has 27 heavy (non-hydrogen) atoms. The fraction of sp³-hybridized carbons (Fsp3) is 0.526. The number of hydrogen-bond donors (Lipinski definition) is 1. The van der Waals surface area contributed by atoms with Crippen LogP contribution in [0.3, 0.4) is 0 Å². The summed E-state index contributed by atoms with van der Waals surface area (Å²) in [5, 5.41) is 7.75. The molecule has 3 aromatic rings. The van der Waals surface area contributed by atoms with Crippen LogP contribution in [0.15, 0.2) is 22.7 Å². The van der Waals surface area contributed by atoms with Gasteiger partial charge in [-0.25, -0.2) is 0 Å². The Labute approximate surface area is 157 Å². The maximum absolute atomic E-state index is 6.04. The molecule has 0 spiro atoms. The maximum atomic E-state index is 6.04. The van der Waals surface area contributed by atoms with Crippen molar-refractivity contribution >= 4 is 11.6 Å². The van der Waals surface area contributed by atoms with Gasteiger partial charge in [-0.05, 0) is 52.7 Å². The summed E-state index contributed by atoms with van der Waals surface area (Å²) in [5.41, 5.74) is 0.386. The number of rotatable bonds is 4. The molecule has 1 unspecified atom stereocenters. The van der Waals surface area contributed by atoms with Gasteiger partial charge in [0.25, 0.3) is 0 Å². The van der Waals surface area contributed by atoms with Crippen molar-refractivity contribution in [2.45, 2.75) is 58.8 Å². The quantitative estimate of drug-likeness (QED) is 0.746. The Hall–Kier alpha value is -2.61.